The van der Waals surface area contributed by atoms with Gasteiger partial charge < -0.3 is 9.64 Å². The van der Waals surface area contributed by atoms with Crippen molar-refractivity contribution in [2.75, 3.05) is 64.4 Å². The minimum absolute atomic E-state index is 0.748. The van der Waals surface area contributed by atoms with Gasteiger partial charge in [0.15, 0.2) is 0 Å². The fraction of sp³-hybridized carbons (Fsp3) is 0.667. The summed E-state index contributed by atoms with van der Waals surface area (Å²) >= 11 is 0. The van der Waals surface area contributed by atoms with Gasteiger partial charge in [-0.05, 0) is 12.1 Å². The Balaban J connectivity index is 1.41. The summed E-state index contributed by atoms with van der Waals surface area (Å²) in [6, 6.07) is 6.89. The Bertz CT molecular complexity index is 400. The molecule has 0 amide bonds. The van der Waals surface area contributed by atoms with E-state index in [-0.39, 0.29) is 0 Å². The first-order valence-corrected chi connectivity index (χ1v) is 7.48. The smallest absolute Gasteiger partial charge is 0.128 e. The van der Waals surface area contributed by atoms with Crippen molar-refractivity contribution in [3.05, 3.63) is 24.4 Å². The minimum atomic E-state index is 0.748. The van der Waals surface area contributed by atoms with Gasteiger partial charge in [0.2, 0.25) is 0 Å². The zero-order valence-corrected chi connectivity index (χ0v) is 12.2. The first-order chi connectivity index (χ1) is 9.86. The molecule has 1 aromatic heterocycles. The summed E-state index contributed by atoms with van der Waals surface area (Å²) < 4.78 is 5.12. The molecule has 0 N–H and O–H groups in total. The molecule has 2 aliphatic heterocycles. The molecular weight excluding hydrogens is 252 g/mol. The van der Waals surface area contributed by atoms with Gasteiger partial charge in [-0.25, -0.2) is 4.98 Å². The number of aromatic nitrogens is 1. The number of pyridine rings is 1. The third-order valence-corrected chi connectivity index (χ3v) is 4.35. The Morgan fingerprint density at radius 3 is 2.65 bits per heavy atom. The Hall–Kier alpha value is -1.17. The minimum Gasteiger partial charge on any atom is -0.383 e. The van der Waals surface area contributed by atoms with Crippen LogP contribution in [0, 0.1) is 0 Å². The molecule has 2 fully saturated rings. The summed E-state index contributed by atoms with van der Waals surface area (Å²) in [6.45, 7) is 8.80. The second-order valence-corrected chi connectivity index (χ2v) is 5.62. The van der Waals surface area contributed by atoms with Crippen LogP contribution in [0.25, 0.3) is 0 Å². The number of nitrogens with zero attached hydrogens (tertiary/aromatic N) is 4. The van der Waals surface area contributed by atoms with Crippen LogP contribution in [-0.4, -0.2) is 80.4 Å². The van der Waals surface area contributed by atoms with E-state index in [0.717, 1.165) is 51.2 Å². The number of piperazine rings is 1. The molecule has 0 radical (unpaired) electrons. The standard InChI is InChI=1S/C15H24N4O/c1-20-11-10-17-12-14(13-17)18-6-8-19(9-7-18)15-4-2-3-5-16-15/h2-5,14H,6-13H2,1H3. The van der Waals surface area contributed by atoms with E-state index in [1.807, 2.05) is 12.3 Å². The van der Waals surface area contributed by atoms with Crippen LogP contribution in [0.5, 0.6) is 0 Å². The second-order valence-electron chi connectivity index (χ2n) is 5.62. The highest BCUT2D eigenvalue weighted by atomic mass is 16.5. The predicted molar refractivity (Wildman–Crippen MR) is 80.1 cm³/mol. The molecule has 0 spiro atoms. The van der Waals surface area contributed by atoms with E-state index in [9.17, 15) is 0 Å². The average molecular weight is 276 g/mol. The molecule has 110 valence electrons. The van der Waals surface area contributed by atoms with Crippen LogP contribution < -0.4 is 4.90 Å². The van der Waals surface area contributed by atoms with Gasteiger partial charge in [-0.1, -0.05) is 6.07 Å². The van der Waals surface area contributed by atoms with Crippen molar-refractivity contribution >= 4 is 5.82 Å². The molecule has 0 aliphatic carbocycles. The Morgan fingerprint density at radius 1 is 1.20 bits per heavy atom. The normalized spacial score (nSPS) is 21.9. The molecule has 0 unspecified atom stereocenters. The lowest BCUT2D eigenvalue weighted by atomic mass is 10.1. The van der Waals surface area contributed by atoms with Crippen LogP contribution in [0.1, 0.15) is 0 Å². The molecule has 20 heavy (non-hydrogen) atoms. The second kappa shape index (κ2) is 6.52. The number of methoxy groups -OCH3 is 1. The maximum Gasteiger partial charge on any atom is 0.128 e. The Morgan fingerprint density at radius 2 is 2.00 bits per heavy atom. The number of anilines is 1. The van der Waals surface area contributed by atoms with Crippen LogP contribution in [0.3, 0.4) is 0 Å². The zero-order chi connectivity index (χ0) is 13.8. The van der Waals surface area contributed by atoms with E-state index < -0.39 is 0 Å². The number of hydrogen-bond acceptors (Lipinski definition) is 5. The summed E-state index contributed by atoms with van der Waals surface area (Å²) in [4.78, 5) is 11.9. The van der Waals surface area contributed by atoms with Crippen molar-refractivity contribution < 1.29 is 4.74 Å². The highest BCUT2D eigenvalue weighted by Gasteiger charge is 2.33. The summed E-state index contributed by atoms with van der Waals surface area (Å²) in [7, 11) is 1.77. The number of hydrogen-bond donors (Lipinski definition) is 0. The van der Waals surface area contributed by atoms with Crippen LogP contribution in [0.4, 0.5) is 5.82 Å². The molecule has 5 nitrogen and oxygen atoms in total. The van der Waals surface area contributed by atoms with E-state index in [1.54, 1.807) is 7.11 Å². The van der Waals surface area contributed by atoms with Gasteiger partial charge in [0, 0.05) is 65.2 Å². The van der Waals surface area contributed by atoms with E-state index in [0.29, 0.717) is 0 Å². The summed E-state index contributed by atoms with van der Waals surface area (Å²) in [5.74, 6) is 1.11. The third-order valence-electron chi connectivity index (χ3n) is 4.35. The Kier molecular flexibility index (Phi) is 4.50. The highest BCUT2D eigenvalue weighted by molar-refractivity contribution is 5.38. The fourth-order valence-electron chi connectivity index (χ4n) is 3.03. The quantitative estimate of drug-likeness (QED) is 0.783. The van der Waals surface area contributed by atoms with Crippen molar-refractivity contribution in [1.82, 2.24) is 14.8 Å². The summed E-state index contributed by atoms with van der Waals surface area (Å²) in [5, 5.41) is 0. The molecule has 0 saturated carbocycles. The van der Waals surface area contributed by atoms with E-state index in [2.05, 4.69) is 31.8 Å². The van der Waals surface area contributed by atoms with Crippen molar-refractivity contribution in [3.8, 4) is 0 Å². The van der Waals surface area contributed by atoms with Crippen molar-refractivity contribution in [1.29, 1.82) is 0 Å². The van der Waals surface area contributed by atoms with Gasteiger partial charge in [-0.2, -0.15) is 0 Å². The Labute approximate surface area is 121 Å². The summed E-state index contributed by atoms with van der Waals surface area (Å²) in [6.07, 6.45) is 1.88. The summed E-state index contributed by atoms with van der Waals surface area (Å²) in [5.41, 5.74) is 0. The fourth-order valence-corrected chi connectivity index (χ4v) is 3.03. The molecule has 0 aromatic carbocycles. The lowest BCUT2D eigenvalue weighted by molar-refractivity contribution is 0.0159. The number of rotatable bonds is 5. The van der Waals surface area contributed by atoms with Crippen LogP contribution in [0.2, 0.25) is 0 Å². The first kappa shape index (κ1) is 13.8. The third kappa shape index (κ3) is 3.11. The SMILES string of the molecule is COCCN1CC(N2CCN(c3ccccn3)CC2)C1. The molecule has 0 atom stereocenters. The average Bonchev–Trinajstić information content (AvgIpc) is 2.47. The maximum atomic E-state index is 5.12. The van der Waals surface area contributed by atoms with Crippen LogP contribution >= 0.6 is 0 Å². The molecule has 3 heterocycles. The number of likely N-dealkylation sites (tertiary alicyclic amines) is 1. The molecule has 1 aromatic rings. The van der Waals surface area contributed by atoms with Crippen molar-refractivity contribution in [3.63, 3.8) is 0 Å². The molecule has 3 rings (SSSR count). The molecule has 2 saturated heterocycles. The zero-order valence-electron chi connectivity index (χ0n) is 12.2. The van der Waals surface area contributed by atoms with Gasteiger partial charge >= 0.3 is 0 Å². The van der Waals surface area contributed by atoms with Crippen LogP contribution in [0.15, 0.2) is 24.4 Å². The lowest BCUT2D eigenvalue weighted by Gasteiger charge is -2.48. The van der Waals surface area contributed by atoms with Crippen molar-refractivity contribution in [2.24, 2.45) is 0 Å². The van der Waals surface area contributed by atoms with E-state index in [1.165, 1.54) is 13.1 Å². The van der Waals surface area contributed by atoms with Gasteiger partial charge in [0.1, 0.15) is 5.82 Å². The number of ether oxygens (including phenoxy) is 1. The lowest BCUT2D eigenvalue weighted by Crippen LogP contribution is -2.63. The monoisotopic (exact) mass is 276 g/mol. The first-order valence-electron chi connectivity index (χ1n) is 7.48. The molecule has 5 heteroatoms. The topological polar surface area (TPSA) is 31.8 Å². The van der Waals surface area contributed by atoms with Gasteiger partial charge in [0.05, 0.1) is 6.61 Å². The van der Waals surface area contributed by atoms with E-state index >= 15 is 0 Å². The van der Waals surface area contributed by atoms with Gasteiger partial charge in [0.25, 0.3) is 0 Å². The molecule has 0 bridgehead atoms. The van der Waals surface area contributed by atoms with Gasteiger partial charge in [-0.3, -0.25) is 9.80 Å². The van der Waals surface area contributed by atoms with Crippen molar-refractivity contribution in [2.45, 2.75) is 6.04 Å². The molecule has 2 aliphatic rings. The predicted octanol–water partition coefficient (Wildman–Crippen LogP) is 0.534. The highest BCUT2D eigenvalue weighted by Crippen LogP contribution is 2.18. The molecular formula is C15H24N4O. The largest absolute Gasteiger partial charge is 0.383 e. The van der Waals surface area contributed by atoms with E-state index in [4.69, 9.17) is 4.74 Å². The maximum absolute atomic E-state index is 5.12. The van der Waals surface area contributed by atoms with Gasteiger partial charge in [-0.15, -0.1) is 0 Å². The van der Waals surface area contributed by atoms with Crippen LogP contribution in [-0.2, 0) is 4.74 Å².